The summed E-state index contributed by atoms with van der Waals surface area (Å²) in [4.78, 5) is 6.16. The number of fused-ring (bicyclic) bond motifs is 1. The van der Waals surface area contributed by atoms with E-state index in [0.29, 0.717) is 11.4 Å². The fourth-order valence-corrected chi connectivity index (χ4v) is 3.91. The summed E-state index contributed by atoms with van der Waals surface area (Å²) in [6, 6.07) is 5.52. The van der Waals surface area contributed by atoms with Crippen LogP contribution in [0, 0.1) is 6.92 Å². The molecule has 3 rings (SSSR count). The van der Waals surface area contributed by atoms with E-state index in [-0.39, 0.29) is 0 Å². The monoisotopic (exact) mass is 291 g/mol. The molecule has 0 aliphatic carbocycles. The number of hydrogen-bond acceptors (Lipinski definition) is 4. The van der Waals surface area contributed by atoms with Gasteiger partial charge in [-0.1, -0.05) is 6.07 Å². The Morgan fingerprint density at radius 3 is 3.11 bits per heavy atom. The van der Waals surface area contributed by atoms with Crippen LogP contribution >= 0.6 is 11.3 Å². The number of benzene rings is 1. The number of imidazole rings is 1. The van der Waals surface area contributed by atoms with Crippen LogP contribution in [0.2, 0.25) is 0 Å². The normalized spacial score (nSPS) is 12.9. The zero-order valence-electron chi connectivity index (χ0n) is 10.4. The zero-order valence-corrected chi connectivity index (χ0v) is 12.0. The van der Waals surface area contributed by atoms with Gasteiger partial charge in [0.15, 0.2) is 4.96 Å². The first-order chi connectivity index (χ1) is 9.15. The predicted octanol–water partition coefficient (Wildman–Crippen LogP) is 2.59. The number of thiazole rings is 1. The molecule has 3 aromatic rings. The summed E-state index contributed by atoms with van der Waals surface area (Å²) in [5.41, 5.74) is 8.25. The maximum atomic E-state index is 12.4. The molecule has 0 saturated heterocycles. The van der Waals surface area contributed by atoms with Gasteiger partial charge in [0.25, 0.3) is 0 Å². The molecule has 2 N–H and O–H groups in total. The van der Waals surface area contributed by atoms with Crippen molar-refractivity contribution < 1.29 is 4.21 Å². The summed E-state index contributed by atoms with van der Waals surface area (Å²) in [6.45, 7) is 1.90. The molecular weight excluding hydrogens is 278 g/mol. The van der Waals surface area contributed by atoms with E-state index in [2.05, 4.69) is 4.98 Å². The molecule has 0 fully saturated rings. The largest absolute Gasteiger partial charge is 0.398 e. The molecule has 1 unspecified atom stereocenters. The van der Waals surface area contributed by atoms with E-state index >= 15 is 0 Å². The van der Waals surface area contributed by atoms with Crippen LogP contribution in [0.3, 0.4) is 0 Å². The molecule has 0 bridgehead atoms. The Morgan fingerprint density at radius 1 is 1.47 bits per heavy atom. The second kappa shape index (κ2) is 4.79. The van der Waals surface area contributed by atoms with Crippen LogP contribution in [0.5, 0.6) is 0 Å². The van der Waals surface area contributed by atoms with Crippen molar-refractivity contribution in [1.82, 2.24) is 9.38 Å². The average molecular weight is 291 g/mol. The Balaban J connectivity index is 1.88. The molecule has 0 aliphatic heterocycles. The van der Waals surface area contributed by atoms with Crippen LogP contribution in [0.15, 0.2) is 40.9 Å². The number of anilines is 1. The van der Waals surface area contributed by atoms with E-state index in [1.165, 1.54) is 0 Å². The van der Waals surface area contributed by atoms with Gasteiger partial charge in [-0.25, -0.2) is 4.98 Å². The van der Waals surface area contributed by atoms with E-state index in [9.17, 15) is 4.21 Å². The van der Waals surface area contributed by atoms with E-state index in [1.54, 1.807) is 11.3 Å². The van der Waals surface area contributed by atoms with Gasteiger partial charge in [0.05, 0.1) is 22.2 Å². The molecule has 0 amide bonds. The van der Waals surface area contributed by atoms with Gasteiger partial charge in [-0.3, -0.25) is 8.61 Å². The van der Waals surface area contributed by atoms with Gasteiger partial charge in [-0.05, 0) is 24.6 Å². The Hall–Kier alpha value is -1.66. The first-order valence-electron chi connectivity index (χ1n) is 5.79. The predicted molar refractivity (Wildman–Crippen MR) is 78.8 cm³/mol. The number of rotatable bonds is 3. The lowest BCUT2D eigenvalue weighted by Gasteiger charge is -2.06. The molecule has 0 radical (unpaired) electrons. The van der Waals surface area contributed by atoms with Crippen molar-refractivity contribution in [1.29, 1.82) is 0 Å². The van der Waals surface area contributed by atoms with E-state index in [0.717, 1.165) is 21.1 Å². The van der Waals surface area contributed by atoms with Crippen LogP contribution in [0.25, 0.3) is 4.96 Å². The van der Waals surface area contributed by atoms with Gasteiger partial charge in [-0.15, -0.1) is 11.3 Å². The number of aromatic nitrogens is 2. The first-order valence-corrected chi connectivity index (χ1v) is 7.99. The Labute approximate surface area is 117 Å². The third kappa shape index (κ3) is 2.29. The zero-order chi connectivity index (χ0) is 13.4. The molecular formula is C13H13N3OS2. The average Bonchev–Trinajstić information content (AvgIpc) is 2.93. The number of nitrogens with zero attached hydrogens (tertiary/aromatic N) is 2. The second-order valence-corrected chi connectivity index (χ2v) is 6.58. The third-order valence-corrected chi connectivity index (χ3v) is 5.25. The number of nitrogens with two attached hydrogens (primary N) is 1. The quantitative estimate of drug-likeness (QED) is 0.755. The van der Waals surface area contributed by atoms with Gasteiger partial charge in [0.2, 0.25) is 0 Å². The lowest BCUT2D eigenvalue weighted by molar-refractivity contribution is 0.682. The van der Waals surface area contributed by atoms with E-state index < -0.39 is 10.8 Å². The molecule has 2 heterocycles. The van der Waals surface area contributed by atoms with Crippen molar-refractivity contribution in [3.05, 3.63) is 47.2 Å². The van der Waals surface area contributed by atoms with Crippen molar-refractivity contribution in [3.8, 4) is 0 Å². The van der Waals surface area contributed by atoms with Gasteiger partial charge >= 0.3 is 0 Å². The Bertz CT molecular complexity index is 732. The molecule has 2 aromatic heterocycles. The molecule has 4 nitrogen and oxygen atoms in total. The molecule has 98 valence electrons. The SMILES string of the molecule is Cc1c(N)cccc1S(=O)Cc1cn2ccsc2n1. The summed E-state index contributed by atoms with van der Waals surface area (Å²) in [7, 11) is -1.12. The van der Waals surface area contributed by atoms with Crippen molar-refractivity contribution in [3.63, 3.8) is 0 Å². The highest BCUT2D eigenvalue weighted by Gasteiger charge is 2.12. The molecule has 1 aromatic carbocycles. The third-order valence-electron chi connectivity index (χ3n) is 2.99. The molecule has 6 heteroatoms. The summed E-state index contributed by atoms with van der Waals surface area (Å²) in [5, 5.41) is 1.98. The van der Waals surface area contributed by atoms with Crippen LogP contribution in [-0.2, 0) is 16.6 Å². The topological polar surface area (TPSA) is 60.4 Å². The first kappa shape index (κ1) is 12.4. The minimum Gasteiger partial charge on any atom is -0.398 e. The highest BCUT2D eigenvalue weighted by atomic mass is 32.2. The summed E-state index contributed by atoms with van der Waals surface area (Å²) in [6.07, 6.45) is 3.87. The standard InChI is InChI=1S/C13H13N3OS2/c1-9-11(14)3-2-4-12(9)19(17)8-10-7-16-5-6-18-13(16)15-10/h2-7H,8,14H2,1H3. The lowest BCUT2D eigenvalue weighted by atomic mass is 10.2. The molecule has 1 atom stereocenters. The molecule has 0 aliphatic rings. The highest BCUT2D eigenvalue weighted by Crippen LogP contribution is 2.21. The van der Waals surface area contributed by atoms with Crippen LogP contribution in [0.4, 0.5) is 5.69 Å². The van der Waals surface area contributed by atoms with Gasteiger partial charge < -0.3 is 5.73 Å². The summed E-state index contributed by atoms with van der Waals surface area (Å²) >= 11 is 1.57. The van der Waals surface area contributed by atoms with Crippen molar-refractivity contribution in [2.45, 2.75) is 17.6 Å². The van der Waals surface area contributed by atoms with Gasteiger partial charge in [-0.2, -0.15) is 0 Å². The minimum atomic E-state index is -1.12. The maximum Gasteiger partial charge on any atom is 0.193 e. The van der Waals surface area contributed by atoms with Crippen LogP contribution < -0.4 is 5.73 Å². The number of nitrogen functional groups attached to an aromatic ring is 1. The Kier molecular flexibility index (Phi) is 3.12. The fraction of sp³-hybridized carbons (Fsp3) is 0.154. The highest BCUT2D eigenvalue weighted by molar-refractivity contribution is 7.84. The van der Waals surface area contributed by atoms with Gasteiger partial charge in [0.1, 0.15) is 0 Å². The molecule has 0 saturated carbocycles. The van der Waals surface area contributed by atoms with Crippen LogP contribution in [0.1, 0.15) is 11.3 Å². The van der Waals surface area contributed by atoms with Crippen LogP contribution in [-0.4, -0.2) is 13.6 Å². The summed E-state index contributed by atoms with van der Waals surface area (Å²) < 4.78 is 14.3. The maximum absolute atomic E-state index is 12.4. The lowest BCUT2D eigenvalue weighted by Crippen LogP contribution is -2.01. The van der Waals surface area contributed by atoms with Crippen molar-refractivity contribution in [2.24, 2.45) is 0 Å². The fourth-order valence-electron chi connectivity index (χ4n) is 1.94. The Morgan fingerprint density at radius 2 is 2.32 bits per heavy atom. The second-order valence-electron chi connectivity index (χ2n) is 4.29. The van der Waals surface area contributed by atoms with Crippen molar-refractivity contribution in [2.75, 3.05) is 5.73 Å². The summed E-state index contributed by atoms with van der Waals surface area (Å²) in [5.74, 6) is 0.415. The minimum absolute atomic E-state index is 0.415. The number of hydrogen-bond donors (Lipinski definition) is 1. The molecule has 19 heavy (non-hydrogen) atoms. The van der Waals surface area contributed by atoms with E-state index in [4.69, 9.17) is 5.73 Å². The smallest absolute Gasteiger partial charge is 0.193 e. The van der Waals surface area contributed by atoms with Crippen molar-refractivity contribution >= 4 is 32.8 Å². The van der Waals surface area contributed by atoms with Gasteiger partial charge in [0, 0.05) is 28.4 Å². The van der Waals surface area contributed by atoms with E-state index in [1.807, 2.05) is 47.3 Å². The molecule has 0 spiro atoms.